The molecule has 0 atom stereocenters. The molecule has 0 bridgehead atoms. The molecule has 5 aromatic heterocycles. The summed E-state index contributed by atoms with van der Waals surface area (Å²) in [7, 11) is 0. The van der Waals surface area contributed by atoms with Gasteiger partial charge in [-0.25, -0.2) is 0 Å². The Kier molecular flexibility index (Phi) is 10.5. The zero-order chi connectivity index (χ0) is 35.5. The molecule has 5 heteroatoms. The fraction of sp³-hybridized carbons (Fsp3) is 0.0426. The zero-order valence-electron chi connectivity index (χ0n) is 29.1. The molecule has 250 valence electrons. The van der Waals surface area contributed by atoms with Crippen molar-refractivity contribution in [1.29, 1.82) is 0 Å². The average molecular weight is 672 g/mol. The fourth-order valence-corrected chi connectivity index (χ4v) is 6.03. The van der Waals surface area contributed by atoms with E-state index in [1.54, 1.807) is 18.6 Å². The molecule has 5 nitrogen and oxygen atoms in total. The molecule has 0 fully saturated rings. The van der Waals surface area contributed by atoms with E-state index in [0.717, 1.165) is 66.7 Å². The second kappa shape index (κ2) is 16.2. The van der Waals surface area contributed by atoms with E-state index >= 15 is 0 Å². The number of pyridine rings is 5. The maximum Gasteiger partial charge on any atom is 0.0708 e. The van der Waals surface area contributed by atoms with Crippen molar-refractivity contribution < 1.29 is 0 Å². The Balaban J connectivity index is 0.000000159. The largest absolute Gasteiger partial charge is 0.265 e. The van der Waals surface area contributed by atoms with Crippen LogP contribution in [0.2, 0.25) is 0 Å². The quantitative estimate of drug-likeness (QED) is 0.182. The molecule has 4 aromatic carbocycles. The molecule has 0 N–H and O–H groups in total. The molecule has 0 saturated carbocycles. The molecule has 0 aliphatic rings. The summed E-state index contributed by atoms with van der Waals surface area (Å²) in [6, 6.07) is 47.9. The molecule has 5 heterocycles. The number of benzene rings is 4. The van der Waals surface area contributed by atoms with Crippen molar-refractivity contribution >= 4 is 21.5 Å². The number of aromatic nitrogens is 5. The first-order valence-corrected chi connectivity index (χ1v) is 17.4. The summed E-state index contributed by atoms with van der Waals surface area (Å²) in [5.74, 6) is 0. The predicted octanol–water partition coefficient (Wildman–Crippen LogP) is 12.0. The van der Waals surface area contributed by atoms with Crippen LogP contribution in [0.5, 0.6) is 0 Å². The first-order chi connectivity index (χ1) is 25.8. The fourth-order valence-electron chi connectivity index (χ4n) is 6.03. The molecule has 9 rings (SSSR count). The molecule has 0 radical (unpaired) electrons. The van der Waals surface area contributed by atoms with E-state index in [1.807, 2.05) is 75.2 Å². The van der Waals surface area contributed by atoms with Gasteiger partial charge < -0.3 is 0 Å². The topological polar surface area (TPSA) is 64.5 Å². The summed E-state index contributed by atoms with van der Waals surface area (Å²) in [6.07, 6.45) is 14.9. The van der Waals surface area contributed by atoms with E-state index in [0.29, 0.717) is 0 Å². The lowest BCUT2D eigenvalue weighted by Gasteiger charge is -2.08. The SMILES string of the molecule is CC.c1cc(-c2cncc(-c3ccncc3)c2)cc(-c2cc3ccccc3cn2)c1.c1cncc(-c2cccc(-c3cc4ccccc4cn3)c2)c1. The Morgan fingerprint density at radius 2 is 0.750 bits per heavy atom. The second-order valence-electron chi connectivity index (χ2n) is 11.9. The van der Waals surface area contributed by atoms with Crippen molar-refractivity contribution in [3.8, 4) is 55.9 Å². The van der Waals surface area contributed by atoms with E-state index in [-0.39, 0.29) is 0 Å². The van der Waals surface area contributed by atoms with Gasteiger partial charge >= 0.3 is 0 Å². The second-order valence-corrected chi connectivity index (χ2v) is 11.9. The minimum Gasteiger partial charge on any atom is -0.265 e. The number of fused-ring (bicyclic) bond motifs is 2. The highest BCUT2D eigenvalue weighted by atomic mass is 14.7. The van der Waals surface area contributed by atoms with E-state index < -0.39 is 0 Å². The molecular formula is C47H37N5. The number of rotatable bonds is 5. The van der Waals surface area contributed by atoms with Gasteiger partial charge in [-0.05, 0) is 76.0 Å². The van der Waals surface area contributed by atoms with E-state index in [4.69, 9.17) is 0 Å². The van der Waals surface area contributed by atoms with E-state index in [1.165, 1.54) is 10.8 Å². The van der Waals surface area contributed by atoms with Crippen LogP contribution in [0.15, 0.2) is 189 Å². The van der Waals surface area contributed by atoms with Crippen LogP contribution in [0.4, 0.5) is 0 Å². The Morgan fingerprint density at radius 1 is 0.288 bits per heavy atom. The monoisotopic (exact) mass is 671 g/mol. The summed E-state index contributed by atoms with van der Waals surface area (Å²) >= 11 is 0. The van der Waals surface area contributed by atoms with Gasteiger partial charge in [0.1, 0.15) is 0 Å². The van der Waals surface area contributed by atoms with Gasteiger partial charge in [0.15, 0.2) is 0 Å². The Morgan fingerprint density at radius 3 is 1.31 bits per heavy atom. The molecule has 0 unspecified atom stereocenters. The van der Waals surface area contributed by atoms with E-state index in [2.05, 4.69) is 134 Å². The van der Waals surface area contributed by atoms with Crippen molar-refractivity contribution in [3.05, 3.63) is 189 Å². The molecule has 0 aliphatic carbocycles. The summed E-state index contributed by atoms with van der Waals surface area (Å²) in [5.41, 5.74) is 10.8. The first kappa shape index (κ1) is 33.6. The van der Waals surface area contributed by atoms with Crippen LogP contribution >= 0.6 is 0 Å². The van der Waals surface area contributed by atoms with Gasteiger partial charge in [-0.1, -0.05) is 105 Å². The van der Waals surface area contributed by atoms with Crippen molar-refractivity contribution in [1.82, 2.24) is 24.9 Å². The summed E-state index contributed by atoms with van der Waals surface area (Å²) < 4.78 is 0. The lowest BCUT2D eigenvalue weighted by molar-refractivity contribution is 1.30. The van der Waals surface area contributed by atoms with Crippen LogP contribution in [-0.2, 0) is 0 Å². The van der Waals surface area contributed by atoms with Gasteiger partial charge in [-0.2, -0.15) is 0 Å². The third-order valence-electron chi connectivity index (χ3n) is 8.66. The minimum absolute atomic E-state index is 0.971. The normalized spacial score (nSPS) is 10.5. The Bertz CT molecular complexity index is 2550. The maximum atomic E-state index is 4.65. The summed E-state index contributed by atoms with van der Waals surface area (Å²) in [6.45, 7) is 4.00. The predicted molar refractivity (Wildman–Crippen MR) is 215 cm³/mol. The van der Waals surface area contributed by atoms with Gasteiger partial charge in [0.2, 0.25) is 0 Å². The molecule has 9 aromatic rings. The van der Waals surface area contributed by atoms with Crippen LogP contribution in [0.3, 0.4) is 0 Å². The van der Waals surface area contributed by atoms with Crippen molar-refractivity contribution in [2.45, 2.75) is 13.8 Å². The highest BCUT2D eigenvalue weighted by molar-refractivity contribution is 5.87. The van der Waals surface area contributed by atoms with Gasteiger partial charge in [0.05, 0.1) is 11.4 Å². The smallest absolute Gasteiger partial charge is 0.0708 e. The first-order valence-electron chi connectivity index (χ1n) is 17.4. The number of hydrogen-bond donors (Lipinski definition) is 0. The Labute approximate surface area is 304 Å². The highest BCUT2D eigenvalue weighted by Gasteiger charge is 2.07. The van der Waals surface area contributed by atoms with Gasteiger partial charge in [-0.3, -0.25) is 24.9 Å². The van der Waals surface area contributed by atoms with Crippen LogP contribution in [0.1, 0.15) is 13.8 Å². The highest BCUT2D eigenvalue weighted by Crippen LogP contribution is 2.30. The van der Waals surface area contributed by atoms with Crippen molar-refractivity contribution in [2.75, 3.05) is 0 Å². The third kappa shape index (κ3) is 7.80. The average Bonchev–Trinajstić information content (AvgIpc) is 3.25. The molecule has 0 spiro atoms. The number of hydrogen-bond acceptors (Lipinski definition) is 5. The summed E-state index contributed by atoms with van der Waals surface area (Å²) in [5, 5.41) is 4.71. The van der Waals surface area contributed by atoms with Gasteiger partial charge in [0.25, 0.3) is 0 Å². The van der Waals surface area contributed by atoms with Crippen molar-refractivity contribution in [2.24, 2.45) is 0 Å². The third-order valence-corrected chi connectivity index (χ3v) is 8.66. The van der Waals surface area contributed by atoms with Crippen LogP contribution in [0, 0.1) is 0 Å². The molecule has 0 amide bonds. The van der Waals surface area contributed by atoms with Crippen molar-refractivity contribution in [3.63, 3.8) is 0 Å². The lowest BCUT2D eigenvalue weighted by atomic mass is 9.99. The zero-order valence-corrected chi connectivity index (χ0v) is 29.1. The maximum absolute atomic E-state index is 4.65. The minimum atomic E-state index is 0.971. The van der Waals surface area contributed by atoms with E-state index in [9.17, 15) is 0 Å². The van der Waals surface area contributed by atoms with Gasteiger partial charge in [-0.15, -0.1) is 0 Å². The molecule has 0 saturated heterocycles. The van der Waals surface area contributed by atoms with Crippen LogP contribution < -0.4 is 0 Å². The standard InChI is InChI=1S/C25H17N3.C20H14N2.C2H6/c1-2-5-22-17-28-25(14-20(22)4-1)21-7-3-6-19(12-21)24-13-23(15-27-16-24)18-8-10-26-11-9-18;1-2-6-19-14-22-20(12-16(19)5-1)17-8-3-7-15(11-17)18-9-4-10-21-13-18;1-2/h1-17H;1-14H;1-2H3. The number of nitrogens with zero attached hydrogens (tertiary/aromatic N) is 5. The molecular weight excluding hydrogens is 635 g/mol. The molecule has 0 aliphatic heterocycles. The van der Waals surface area contributed by atoms with Gasteiger partial charge in [0, 0.05) is 88.2 Å². The Hall–Kier alpha value is -6.85. The summed E-state index contributed by atoms with van der Waals surface area (Å²) in [4.78, 5) is 22.0. The van der Waals surface area contributed by atoms with Crippen LogP contribution in [-0.4, -0.2) is 24.9 Å². The lowest BCUT2D eigenvalue weighted by Crippen LogP contribution is -1.87. The molecule has 52 heavy (non-hydrogen) atoms. The van der Waals surface area contributed by atoms with Crippen LogP contribution in [0.25, 0.3) is 77.4 Å².